The van der Waals surface area contributed by atoms with Crippen molar-refractivity contribution < 1.29 is 50.5 Å². The molecule has 254 valence electrons. The number of nitrogens with one attached hydrogen (secondary N) is 1. The van der Waals surface area contributed by atoms with E-state index in [2.05, 4.69) is 10.4 Å². The third kappa shape index (κ3) is 9.11. The van der Waals surface area contributed by atoms with Crippen molar-refractivity contribution >= 4 is 22.1 Å². The van der Waals surface area contributed by atoms with Gasteiger partial charge in [-0.25, -0.2) is 22.6 Å². The van der Waals surface area contributed by atoms with E-state index in [0.29, 0.717) is 12.0 Å². The first-order valence-electron chi connectivity index (χ1n) is 14.4. The zero-order chi connectivity index (χ0) is 34.5. The third-order valence-electron chi connectivity index (χ3n) is 6.93. The molecule has 14 nitrogen and oxygen atoms in total. The van der Waals surface area contributed by atoms with Crippen LogP contribution in [0.2, 0.25) is 0 Å². The lowest BCUT2D eigenvalue weighted by Gasteiger charge is -2.15. The molecule has 1 fully saturated rings. The smallest absolute Gasteiger partial charge is 0.435 e. The molecule has 1 N–H and O–H groups in total. The van der Waals surface area contributed by atoms with Gasteiger partial charge in [0.2, 0.25) is 5.28 Å². The summed E-state index contributed by atoms with van der Waals surface area (Å²) in [6.45, 7) is 6.65. The molecule has 1 saturated heterocycles. The van der Waals surface area contributed by atoms with Gasteiger partial charge in [0.25, 0.3) is 16.3 Å². The Morgan fingerprint density at radius 1 is 1.13 bits per heavy atom. The summed E-state index contributed by atoms with van der Waals surface area (Å²) in [7, 11) is -4.41. The van der Waals surface area contributed by atoms with Crippen molar-refractivity contribution in [1.82, 2.24) is 19.5 Å². The predicted molar refractivity (Wildman–Crippen MR) is 158 cm³/mol. The van der Waals surface area contributed by atoms with Gasteiger partial charge in [0.05, 0.1) is 46.9 Å². The SMILES string of the molecule is Cc1ccc(-c2cc(C(F)(F)F)nn2-c2ccc(S(=O)(=O)NC(=O)OCC3CCN([N+]([O-])=NOC(C)OC(=O)C(C)C)C3)cc2)cc1. The second-order valence-electron chi connectivity index (χ2n) is 11.1. The fourth-order valence-corrected chi connectivity index (χ4v) is 5.28. The van der Waals surface area contributed by atoms with Crippen LogP contribution >= 0.6 is 0 Å². The molecule has 2 aromatic carbocycles. The van der Waals surface area contributed by atoms with Crippen LogP contribution in [0.25, 0.3) is 16.9 Å². The van der Waals surface area contributed by atoms with Crippen LogP contribution in [0.15, 0.2) is 64.8 Å². The van der Waals surface area contributed by atoms with Gasteiger partial charge in [0.15, 0.2) is 5.69 Å². The van der Waals surface area contributed by atoms with Crippen LogP contribution in [-0.4, -0.2) is 66.2 Å². The summed E-state index contributed by atoms with van der Waals surface area (Å²) in [5.41, 5.74) is 0.548. The summed E-state index contributed by atoms with van der Waals surface area (Å²) in [6.07, 6.45) is -6.64. The largest absolute Gasteiger partial charge is 0.569 e. The topological polar surface area (TPSA) is 167 Å². The summed E-state index contributed by atoms with van der Waals surface area (Å²) in [6, 6.07) is 12.4. The number of ether oxygens (including phenoxy) is 2. The maximum Gasteiger partial charge on any atom is 0.435 e. The molecule has 1 aromatic heterocycles. The van der Waals surface area contributed by atoms with E-state index in [9.17, 15) is 36.4 Å². The summed E-state index contributed by atoms with van der Waals surface area (Å²) < 4.78 is 79.0. The fourth-order valence-electron chi connectivity index (χ4n) is 4.39. The van der Waals surface area contributed by atoms with E-state index in [1.54, 1.807) is 42.8 Å². The van der Waals surface area contributed by atoms with Gasteiger partial charge < -0.3 is 14.7 Å². The van der Waals surface area contributed by atoms with Crippen molar-refractivity contribution in [3.05, 3.63) is 71.1 Å². The molecule has 1 aliphatic heterocycles. The number of esters is 1. The number of amides is 1. The van der Waals surface area contributed by atoms with E-state index >= 15 is 0 Å². The Kier molecular flexibility index (Phi) is 10.6. The van der Waals surface area contributed by atoms with E-state index in [0.717, 1.165) is 28.4 Å². The number of alkyl halides is 3. The molecule has 0 radical (unpaired) electrons. The van der Waals surface area contributed by atoms with Crippen molar-refractivity contribution in [2.24, 2.45) is 17.1 Å². The van der Waals surface area contributed by atoms with E-state index in [1.807, 2.05) is 6.92 Å². The van der Waals surface area contributed by atoms with Gasteiger partial charge in [-0.05, 0) is 43.7 Å². The molecule has 0 saturated carbocycles. The zero-order valence-electron chi connectivity index (χ0n) is 25.8. The molecule has 0 bridgehead atoms. The van der Waals surface area contributed by atoms with Gasteiger partial charge in [-0.2, -0.15) is 18.3 Å². The molecular weight excluding hydrogens is 649 g/mol. The monoisotopic (exact) mass is 682 g/mol. The first-order chi connectivity index (χ1) is 22.0. The normalized spacial score (nSPS) is 16.2. The second-order valence-corrected chi connectivity index (χ2v) is 12.7. The molecule has 1 amide bonds. The van der Waals surface area contributed by atoms with Gasteiger partial charge in [-0.15, -0.1) is 5.01 Å². The van der Waals surface area contributed by atoms with E-state index in [-0.39, 0.29) is 52.8 Å². The van der Waals surface area contributed by atoms with Crippen molar-refractivity contribution in [3.8, 4) is 16.9 Å². The first kappa shape index (κ1) is 35.0. The van der Waals surface area contributed by atoms with Crippen LogP contribution < -0.4 is 4.72 Å². The lowest BCUT2D eigenvalue weighted by Crippen LogP contribution is -2.33. The van der Waals surface area contributed by atoms with Gasteiger partial charge in [0, 0.05) is 18.4 Å². The highest BCUT2D eigenvalue weighted by Crippen LogP contribution is 2.33. The van der Waals surface area contributed by atoms with Gasteiger partial charge >= 0.3 is 18.2 Å². The molecule has 2 unspecified atom stereocenters. The first-order valence-corrected chi connectivity index (χ1v) is 15.9. The zero-order valence-corrected chi connectivity index (χ0v) is 26.6. The Morgan fingerprint density at radius 2 is 1.79 bits per heavy atom. The number of hydrogen-bond acceptors (Lipinski definition) is 10. The molecule has 2 heterocycles. The van der Waals surface area contributed by atoms with Crippen LogP contribution in [0.1, 0.15) is 38.4 Å². The van der Waals surface area contributed by atoms with Crippen LogP contribution in [-0.2, 0) is 35.3 Å². The number of aryl methyl sites for hydroxylation is 1. The average Bonchev–Trinajstić information content (AvgIpc) is 3.67. The molecule has 18 heteroatoms. The van der Waals surface area contributed by atoms with Crippen molar-refractivity contribution in [2.45, 2.75) is 51.5 Å². The van der Waals surface area contributed by atoms with Crippen molar-refractivity contribution in [1.29, 1.82) is 0 Å². The number of sulfonamides is 1. The minimum atomic E-state index is -4.71. The standard InChI is InChI=1S/C29H33F3N6O8S/c1-18(2)27(39)45-20(4)46-35-38(41)36-14-13-21(16-36)17-44-28(40)34-47(42,43)24-11-9-23(10-12-24)37-25(15-26(33-37)29(30,31)32)22-7-5-19(3)6-8-22/h5-12,15,18,20-21H,13-14,16-17H2,1-4H3,(H,34,40). The Balaban J connectivity index is 1.34. The minimum Gasteiger partial charge on any atom is -0.569 e. The van der Waals surface area contributed by atoms with Crippen LogP contribution in [0, 0.1) is 24.0 Å². The summed E-state index contributed by atoms with van der Waals surface area (Å²) >= 11 is 0. The Bertz CT molecular complexity index is 1710. The van der Waals surface area contributed by atoms with E-state index in [1.165, 1.54) is 24.1 Å². The molecule has 47 heavy (non-hydrogen) atoms. The summed E-state index contributed by atoms with van der Waals surface area (Å²) in [5.74, 6) is -1.24. The van der Waals surface area contributed by atoms with E-state index < -0.39 is 40.2 Å². The second kappa shape index (κ2) is 14.3. The van der Waals surface area contributed by atoms with Crippen LogP contribution in [0.5, 0.6) is 0 Å². The lowest BCUT2D eigenvalue weighted by atomic mass is 10.1. The predicted octanol–water partition coefficient (Wildman–Crippen LogP) is 4.96. The highest BCUT2D eigenvalue weighted by atomic mass is 32.2. The molecule has 0 spiro atoms. The Morgan fingerprint density at radius 3 is 2.40 bits per heavy atom. The number of hydrazine groups is 1. The number of halogens is 3. The summed E-state index contributed by atoms with van der Waals surface area (Å²) in [5, 5.41) is 20.5. The van der Waals surface area contributed by atoms with Gasteiger partial charge in [0.1, 0.15) is 0 Å². The van der Waals surface area contributed by atoms with Gasteiger partial charge in [-0.3, -0.25) is 9.63 Å². The number of carbonyl (C=O) groups excluding carboxylic acids is 2. The van der Waals surface area contributed by atoms with Crippen LogP contribution in [0.4, 0.5) is 18.0 Å². The molecule has 4 rings (SSSR count). The number of nitrogens with zero attached hydrogens (tertiary/aromatic N) is 5. The third-order valence-corrected chi connectivity index (χ3v) is 8.26. The minimum absolute atomic E-state index is 0.117. The quantitative estimate of drug-likeness (QED) is 0.0960. The number of rotatable bonds is 11. The number of hydrogen-bond donors (Lipinski definition) is 1. The molecule has 3 aromatic rings. The van der Waals surface area contributed by atoms with Crippen molar-refractivity contribution in [2.75, 3.05) is 19.7 Å². The van der Waals surface area contributed by atoms with Gasteiger partial charge in [-0.1, -0.05) is 43.7 Å². The number of aromatic nitrogens is 2. The molecule has 1 aliphatic rings. The number of carbonyl (C=O) groups is 2. The van der Waals surface area contributed by atoms with E-state index in [4.69, 9.17) is 14.3 Å². The number of benzene rings is 2. The Labute approximate surface area is 268 Å². The summed E-state index contributed by atoms with van der Waals surface area (Å²) in [4.78, 5) is 28.6. The fraction of sp³-hybridized carbons (Fsp3) is 0.414. The highest BCUT2D eigenvalue weighted by molar-refractivity contribution is 7.90. The molecular formula is C29H33F3N6O8S. The van der Waals surface area contributed by atoms with Crippen molar-refractivity contribution in [3.63, 3.8) is 0 Å². The highest BCUT2D eigenvalue weighted by Gasteiger charge is 2.35. The maximum absolute atomic E-state index is 13.5. The maximum atomic E-state index is 13.5. The van der Waals surface area contributed by atoms with Crippen LogP contribution in [0.3, 0.4) is 0 Å². The molecule has 2 atom stereocenters. The Hall–Kier alpha value is -4.87. The molecule has 0 aliphatic carbocycles. The lowest BCUT2D eigenvalue weighted by molar-refractivity contribution is -0.710. The average molecular weight is 683 g/mol.